The second kappa shape index (κ2) is 6.42. The molecule has 3 N–H and O–H groups in total. The Labute approximate surface area is 118 Å². The number of rotatable bonds is 5. The Balaban J connectivity index is 2.75. The smallest absolute Gasteiger partial charge is 0.0399 e. The largest absolute Gasteiger partial charge is 0.385 e. The van der Waals surface area contributed by atoms with Crippen LogP contribution in [0, 0.1) is 13.8 Å². The minimum absolute atomic E-state index is 0.211. The van der Waals surface area contributed by atoms with Crippen molar-refractivity contribution in [1.82, 2.24) is 0 Å². The molecule has 0 radical (unpaired) electrons. The van der Waals surface area contributed by atoms with Gasteiger partial charge in [0.1, 0.15) is 0 Å². The third-order valence-corrected chi connectivity index (χ3v) is 3.54. The minimum Gasteiger partial charge on any atom is -0.385 e. The van der Waals surface area contributed by atoms with Crippen molar-refractivity contribution in [3.63, 3.8) is 0 Å². The fraction of sp³-hybridized carbons (Fsp3) is 0.647. The second-order valence-corrected chi connectivity index (χ2v) is 6.78. The molecule has 0 saturated carbocycles. The van der Waals surface area contributed by atoms with Gasteiger partial charge in [-0.15, -0.1) is 0 Å². The zero-order valence-corrected chi connectivity index (χ0v) is 13.4. The van der Waals surface area contributed by atoms with Crippen LogP contribution in [0.4, 0.5) is 5.69 Å². The SMILES string of the molecule is Cc1cc(C(C)(C)C)cc(C)c1NCCCC(C)N. The van der Waals surface area contributed by atoms with Crippen molar-refractivity contribution in [2.75, 3.05) is 11.9 Å². The molecular formula is C17H30N2. The van der Waals surface area contributed by atoms with Gasteiger partial charge in [0, 0.05) is 18.3 Å². The molecule has 108 valence electrons. The molecule has 0 amide bonds. The molecule has 0 aliphatic heterocycles. The lowest BCUT2D eigenvalue weighted by Crippen LogP contribution is -2.17. The Morgan fingerprint density at radius 2 is 1.68 bits per heavy atom. The van der Waals surface area contributed by atoms with Crippen molar-refractivity contribution in [2.45, 2.75) is 65.8 Å². The molecule has 1 aromatic carbocycles. The third kappa shape index (κ3) is 4.87. The van der Waals surface area contributed by atoms with Gasteiger partial charge in [-0.25, -0.2) is 0 Å². The van der Waals surface area contributed by atoms with Crippen LogP contribution < -0.4 is 11.1 Å². The van der Waals surface area contributed by atoms with E-state index in [1.54, 1.807) is 0 Å². The normalized spacial score (nSPS) is 13.4. The highest BCUT2D eigenvalue weighted by Gasteiger charge is 2.16. The average molecular weight is 262 g/mol. The van der Waals surface area contributed by atoms with Crippen LogP contribution >= 0.6 is 0 Å². The summed E-state index contributed by atoms with van der Waals surface area (Å²) >= 11 is 0. The molecule has 2 heteroatoms. The van der Waals surface area contributed by atoms with Crippen molar-refractivity contribution in [1.29, 1.82) is 0 Å². The van der Waals surface area contributed by atoms with Gasteiger partial charge in [0.15, 0.2) is 0 Å². The van der Waals surface area contributed by atoms with Crippen LogP contribution in [0.2, 0.25) is 0 Å². The van der Waals surface area contributed by atoms with E-state index in [1.165, 1.54) is 22.4 Å². The number of benzene rings is 1. The van der Waals surface area contributed by atoms with Gasteiger partial charge >= 0.3 is 0 Å². The maximum atomic E-state index is 5.77. The van der Waals surface area contributed by atoms with Gasteiger partial charge in [-0.2, -0.15) is 0 Å². The first-order chi connectivity index (χ1) is 8.71. The van der Waals surface area contributed by atoms with Gasteiger partial charge < -0.3 is 11.1 Å². The molecule has 1 aromatic rings. The number of aryl methyl sites for hydroxylation is 2. The number of hydrogen-bond acceptors (Lipinski definition) is 2. The van der Waals surface area contributed by atoms with Crippen molar-refractivity contribution in [3.8, 4) is 0 Å². The Morgan fingerprint density at radius 1 is 1.16 bits per heavy atom. The molecule has 1 unspecified atom stereocenters. The molecule has 0 saturated heterocycles. The van der Waals surface area contributed by atoms with Gasteiger partial charge in [0.05, 0.1) is 0 Å². The molecule has 1 atom stereocenters. The topological polar surface area (TPSA) is 38.0 Å². The van der Waals surface area contributed by atoms with Gasteiger partial charge in [0.2, 0.25) is 0 Å². The van der Waals surface area contributed by atoms with E-state index in [1.807, 2.05) is 0 Å². The van der Waals surface area contributed by atoms with E-state index in [0.29, 0.717) is 6.04 Å². The summed E-state index contributed by atoms with van der Waals surface area (Å²) in [5.41, 5.74) is 11.4. The van der Waals surface area contributed by atoms with Crippen LogP contribution in [0.1, 0.15) is 57.2 Å². The summed E-state index contributed by atoms with van der Waals surface area (Å²) in [5.74, 6) is 0. The van der Waals surface area contributed by atoms with Gasteiger partial charge in [0.25, 0.3) is 0 Å². The van der Waals surface area contributed by atoms with Gasteiger partial charge in [-0.1, -0.05) is 32.9 Å². The summed E-state index contributed by atoms with van der Waals surface area (Å²) in [5, 5.41) is 3.56. The first-order valence-electron chi connectivity index (χ1n) is 7.33. The Morgan fingerprint density at radius 3 is 2.11 bits per heavy atom. The fourth-order valence-corrected chi connectivity index (χ4v) is 2.31. The number of anilines is 1. The van der Waals surface area contributed by atoms with Crippen LogP contribution in [-0.2, 0) is 5.41 Å². The molecule has 0 spiro atoms. The molecule has 0 aromatic heterocycles. The zero-order chi connectivity index (χ0) is 14.6. The first-order valence-corrected chi connectivity index (χ1v) is 7.33. The van der Waals surface area contributed by atoms with Crippen LogP contribution in [0.25, 0.3) is 0 Å². The van der Waals surface area contributed by atoms with Crippen molar-refractivity contribution < 1.29 is 0 Å². The van der Waals surface area contributed by atoms with Crippen LogP contribution in [0.5, 0.6) is 0 Å². The molecule has 0 bridgehead atoms. The quantitative estimate of drug-likeness (QED) is 0.783. The second-order valence-electron chi connectivity index (χ2n) is 6.78. The first kappa shape index (κ1) is 16.0. The molecular weight excluding hydrogens is 232 g/mol. The van der Waals surface area contributed by atoms with Gasteiger partial charge in [-0.3, -0.25) is 0 Å². The monoisotopic (exact) mass is 262 g/mol. The average Bonchev–Trinajstić information content (AvgIpc) is 2.25. The van der Waals surface area contributed by atoms with Gasteiger partial charge in [-0.05, 0) is 55.7 Å². The van der Waals surface area contributed by atoms with Crippen LogP contribution in [-0.4, -0.2) is 12.6 Å². The van der Waals surface area contributed by atoms with Crippen molar-refractivity contribution >= 4 is 5.69 Å². The minimum atomic E-state index is 0.211. The lowest BCUT2D eigenvalue weighted by atomic mass is 9.85. The number of hydrogen-bond donors (Lipinski definition) is 2. The molecule has 0 heterocycles. The Kier molecular flexibility index (Phi) is 5.42. The fourth-order valence-electron chi connectivity index (χ4n) is 2.31. The van der Waals surface area contributed by atoms with E-state index in [0.717, 1.165) is 19.4 Å². The summed E-state index contributed by atoms with van der Waals surface area (Å²) in [6, 6.07) is 4.91. The van der Waals surface area contributed by atoms with E-state index in [2.05, 4.69) is 59.0 Å². The molecule has 2 nitrogen and oxygen atoms in total. The van der Waals surface area contributed by atoms with E-state index in [9.17, 15) is 0 Å². The predicted octanol–water partition coefficient (Wildman–Crippen LogP) is 4.14. The maximum Gasteiger partial charge on any atom is 0.0399 e. The summed E-state index contributed by atoms with van der Waals surface area (Å²) in [6.07, 6.45) is 2.20. The Hall–Kier alpha value is -1.02. The van der Waals surface area contributed by atoms with Crippen LogP contribution in [0.3, 0.4) is 0 Å². The molecule has 0 aliphatic rings. The summed E-state index contributed by atoms with van der Waals surface area (Å²) < 4.78 is 0. The lowest BCUT2D eigenvalue weighted by molar-refractivity contribution is 0.589. The summed E-state index contributed by atoms with van der Waals surface area (Å²) in [6.45, 7) is 14.2. The summed E-state index contributed by atoms with van der Waals surface area (Å²) in [4.78, 5) is 0. The van der Waals surface area contributed by atoms with E-state index in [4.69, 9.17) is 5.73 Å². The molecule has 0 aliphatic carbocycles. The van der Waals surface area contributed by atoms with Crippen molar-refractivity contribution in [3.05, 3.63) is 28.8 Å². The van der Waals surface area contributed by atoms with E-state index >= 15 is 0 Å². The Bertz CT molecular complexity index is 391. The number of nitrogens with one attached hydrogen (secondary N) is 1. The van der Waals surface area contributed by atoms with E-state index < -0.39 is 0 Å². The highest BCUT2D eigenvalue weighted by Crippen LogP contribution is 2.29. The highest BCUT2D eigenvalue weighted by molar-refractivity contribution is 5.59. The zero-order valence-electron chi connectivity index (χ0n) is 13.4. The molecule has 1 rings (SSSR count). The third-order valence-electron chi connectivity index (χ3n) is 3.54. The van der Waals surface area contributed by atoms with Crippen molar-refractivity contribution in [2.24, 2.45) is 5.73 Å². The number of nitrogens with two attached hydrogens (primary N) is 1. The highest BCUT2D eigenvalue weighted by atomic mass is 14.9. The lowest BCUT2D eigenvalue weighted by Gasteiger charge is -2.23. The van der Waals surface area contributed by atoms with Crippen LogP contribution in [0.15, 0.2) is 12.1 Å². The predicted molar refractivity (Wildman–Crippen MR) is 86.0 cm³/mol. The maximum absolute atomic E-state index is 5.77. The molecule has 0 fully saturated rings. The standard InChI is InChI=1S/C17H30N2/c1-12-10-15(17(4,5)6)11-13(2)16(12)19-9-7-8-14(3)18/h10-11,14,19H,7-9,18H2,1-6H3. The van der Waals surface area contributed by atoms with E-state index in [-0.39, 0.29) is 5.41 Å². The molecule has 19 heavy (non-hydrogen) atoms. The summed E-state index contributed by atoms with van der Waals surface area (Å²) in [7, 11) is 0.